The number of amidine groups is 1. The summed E-state index contributed by atoms with van der Waals surface area (Å²) in [6.07, 6.45) is 3.81. The average Bonchev–Trinajstić information content (AvgIpc) is 2.89. The zero-order valence-electron chi connectivity index (χ0n) is 8.22. The predicted molar refractivity (Wildman–Crippen MR) is 58.9 cm³/mol. The van der Waals surface area contributed by atoms with Crippen molar-refractivity contribution in [1.82, 2.24) is 4.90 Å². The molecule has 0 aromatic rings. The Morgan fingerprint density at radius 2 is 2.21 bits per heavy atom. The van der Waals surface area contributed by atoms with Crippen LogP contribution < -0.4 is 5.73 Å². The molecule has 1 unspecified atom stereocenters. The Hall–Kier alpha value is -0.420. The van der Waals surface area contributed by atoms with Crippen LogP contribution in [0.2, 0.25) is 0 Å². The maximum Gasteiger partial charge on any atom is 0.153 e. The fraction of sp³-hybridized carbons (Fsp3) is 0.889. The molecule has 1 saturated heterocycles. The maximum absolute atomic E-state index is 8.56. The minimum atomic E-state index is 0.341. The molecule has 2 rings (SSSR count). The second-order valence-corrected chi connectivity index (χ2v) is 5.16. The molecule has 1 heterocycles. The molecule has 5 heteroatoms. The van der Waals surface area contributed by atoms with E-state index >= 15 is 0 Å². The van der Waals surface area contributed by atoms with Crippen molar-refractivity contribution in [2.24, 2.45) is 10.9 Å². The van der Waals surface area contributed by atoms with Crippen molar-refractivity contribution in [3.63, 3.8) is 0 Å². The van der Waals surface area contributed by atoms with E-state index in [-0.39, 0.29) is 0 Å². The summed E-state index contributed by atoms with van der Waals surface area (Å²) < 4.78 is 0. The quantitative estimate of drug-likeness (QED) is 0.314. The monoisotopic (exact) mass is 215 g/mol. The average molecular weight is 215 g/mol. The highest BCUT2D eigenvalue weighted by Crippen LogP contribution is 2.33. The van der Waals surface area contributed by atoms with Gasteiger partial charge >= 0.3 is 0 Å². The van der Waals surface area contributed by atoms with Gasteiger partial charge in [0, 0.05) is 17.8 Å². The van der Waals surface area contributed by atoms with Crippen LogP contribution in [0, 0.1) is 0 Å². The van der Waals surface area contributed by atoms with E-state index in [4.69, 9.17) is 10.9 Å². The first-order chi connectivity index (χ1) is 6.81. The third-order valence-electron chi connectivity index (χ3n) is 2.86. The first-order valence-corrected chi connectivity index (χ1v) is 6.26. The Morgan fingerprint density at radius 3 is 2.71 bits per heavy atom. The molecular weight excluding hydrogens is 198 g/mol. The van der Waals surface area contributed by atoms with Gasteiger partial charge in [0.15, 0.2) is 5.84 Å². The third-order valence-corrected chi connectivity index (χ3v) is 4.01. The van der Waals surface area contributed by atoms with E-state index in [0.29, 0.717) is 24.5 Å². The van der Waals surface area contributed by atoms with E-state index < -0.39 is 0 Å². The summed E-state index contributed by atoms with van der Waals surface area (Å²) in [4.78, 5) is 2.41. The Morgan fingerprint density at radius 1 is 1.43 bits per heavy atom. The van der Waals surface area contributed by atoms with Gasteiger partial charge in [-0.15, -0.1) is 0 Å². The number of oxime groups is 1. The van der Waals surface area contributed by atoms with Gasteiger partial charge in [0.05, 0.1) is 6.54 Å². The van der Waals surface area contributed by atoms with Gasteiger partial charge < -0.3 is 10.9 Å². The van der Waals surface area contributed by atoms with Crippen LogP contribution in [0.5, 0.6) is 0 Å². The smallest absolute Gasteiger partial charge is 0.153 e. The molecule has 1 saturated carbocycles. The molecule has 14 heavy (non-hydrogen) atoms. The molecule has 3 N–H and O–H groups in total. The Kier molecular flexibility index (Phi) is 3.18. The van der Waals surface area contributed by atoms with Crippen LogP contribution in [0.1, 0.15) is 19.3 Å². The second kappa shape index (κ2) is 4.40. The van der Waals surface area contributed by atoms with Crippen LogP contribution in [0.3, 0.4) is 0 Å². The molecule has 1 atom stereocenters. The summed E-state index contributed by atoms with van der Waals surface area (Å²) in [5, 5.41) is 11.6. The second-order valence-electron chi connectivity index (χ2n) is 4.01. The zero-order chi connectivity index (χ0) is 9.97. The van der Waals surface area contributed by atoms with Crippen molar-refractivity contribution in [3.8, 4) is 0 Å². The lowest BCUT2D eigenvalue weighted by atomic mass is 10.2. The summed E-state index contributed by atoms with van der Waals surface area (Å²) in [7, 11) is 0. The van der Waals surface area contributed by atoms with E-state index in [1.54, 1.807) is 0 Å². The molecule has 0 radical (unpaired) electrons. The first kappa shape index (κ1) is 10.1. The Bertz CT molecular complexity index is 224. The number of rotatable bonds is 4. The molecule has 0 spiro atoms. The molecule has 4 nitrogen and oxygen atoms in total. The Balaban J connectivity index is 1.92. The predicted octanol–water partition coefficient (Wildman–Crippen LogP) is 0.703. The SMILES string of the molecule is N/C(CN(C1CC1)C1CCSC1)=N\O. The molecule has 1 aliphatic heterocycles. The molecule has 0 bridgehead atoms. The standard InChI is InChI=1S/C9H17N3OS/c10-9(11-13)5-12(7-1-2-7)8-3-4-14-6-8/h7-8,13H,1-6H2,(H2,10,11). The van der Waals surface area contributed by atoms with Crippen molar-refractivity contribution in [1.29, 1.82) is 0 Å². The summed E-state index contributed by atoms with van der Waals surface area (Å²) in [5.74, 6) is 2.80. The summed E-state index contributed by atoms with van der Waals surface area (Å²) in [6, 6.07) is 1.34. The van der Waals surface area contributed by atoms with Crippen LogP contribution >= 0.6 is 11.8 Å². The van der Waals surface area contributed by atoms with Gasteiger partial charge in [-0.2, -0.15) is 11.8 Å². The van der Waals surface area contributed by atoms with Gasteiger partial charge in [0.2, 0.25) is 0 Å². The summed E-state index contributed by atoms with van der Waals surface area (Å²) in [5.41, 5.74) is 5.56. The minimum absolute atomic E-state index is 0.341. The van der Waals surface area contributed by atoms with E-state index in [1.165, 1.54) is 30.8 Å². The lowest BCUT2D eigenvalue weighted by Gasteiger charge is -2.27. The third kappa shape index (κ3) is 2.33. The van der Waals surface area contributed by atoms with Crippen LogP contribution in [0.15, 0.2) is 5.16 Å². The lowest BCUT2D eigenvalue weighted by Crippen LogP contribution is -2.42. The maximum atomic E-state index is 8.56. The highest BCUT2D eigenvalue weighted by molar-refractivity contribution is 7.99. The lowest BCUT2D eigenvalue weighted by molar-refractivity contribution is 0.227. The van der Waals surface area contributed by atoms with Crippen molar-refractivity contribution in [3.05, 3.63) is 0 Å². The fourth-order valence-corrected chi connectivity index (χ4v) is 3.20. The molecule has 2 aliphatic rings. The first-order valence-electron chi connectivity index (χ1n) is 5.11. The van der Waals surface area contributed by atoms with Gasteiger partial charge in [-0.1, -0.05) is 5.16 Å². The van der Waals surface area contributed by atoms with Crippen LogP contribution in [0.25, 0.3) is 0 Å². The largest absolute Gasteiger partial charge is 0.409 e. The minimum Gasteiger partial charge on any atom is -0.409 e. The summed E-state index contributed by atoms with van der Waals surface area (Å²) in [6.45, 7) is 0.631. The molecule has 1 aliphatic carbocycles. The van der Waals surface area contributed by atoms with E-state index in [2.05, 4.69) is 10.1 Å². The van der Waals surface area contributed by atoms with Crippen LogP contribution in [-0.4, -0.2) is 46.1 Å². The molecule has 0 aromatic heterocycles. The highest BCUT2D eigenvalue weighted by atomic mass is 32.2. The molecule has 2 fully saturated rings. The van der Waals surface area contributed by atoms with Gasteiger partial charge in [-0.3, -0.25) is 4.90 Å². The van der Waals surface area contributed by atoms with Crippen molar-refractivity contribution in [2.45, 2.75) is 31.3 Å². The molecular formula is C9H17N3OS. The number of thioether (sulfide) groups is 1. The summed E-state index contributed by atoms with van der Waals surface area (Å²) >= 11 is 2.01. The van der Waals surface area contributed by atoms with Gasteiger partial charge in [0.1, 0.15) is 0 Å². The van der Waals surface area contributed by atoms with Crippen molar-refractivity contribution in [2.75, 3.05) is 18.1 Å². The van der Waals surface area contributed by atoms with Gasteiger partial charge in [-0.05, 0) is 25.0 Å². The molecule has 80 valence electrons. The van der Waals surface area contributed by atoms with E-state index in [1.807, 2.05) is 11.8 Å². The van der Waals surface area contributed by atoms with Crippen LogP contribution in [-0.2, 0) is 0 Å². The molecule has 0 aromatic carbocycles. The number of nitrogens with zero attached hydrogens (tertiary/aromatic N) is 2. The highest BCUT2D eigenvalue weighted by Gasteiger charge is 2.35. The number of nitrogens with two attached hydrogens (primary N) is 1. The van der Waals surface area contributed by atoms with Crippen molar-refractivity contribution < 1.29 is 5.21 Å². The van der Waals surface area contributed by atoms with E-state index in [9.17, 15) is 0 Å². The zero-order valence-corrected chi connectivity index (χ0v) is 9.04. The van der Waals surface area contributed by atoms with Gasteiger partial charge in [0.25, 0.3) is 0 Å². The normalized spacial score (nSPS) is 28.6. The number of hydrogen-bond acceptors (Lipinski definition) is 4. The fourth-order valence-electron chi connectivity index (χ4n) is 1.96. The Labute approximate surface area is 88.5 Å². The van der Waals surface area contributed by atoms with Gasteiger partial charge in [-0.25, -0.2) is 0 Å². The van der Waals surface area contributed by atoms with Crippen molar-refractivity contribution >= 4 is 17.6 Å². The number of hydrogen-bond donors (Lipinski definition) is 2. The van der Waals surface area contributed by atoms with E-state index in [0.717, 1.165) is 0 Å². The molecule has 0 amide bonds. The van der Waals surface area contributed by atoms with Crippen LogP contribution in [0.4, 0.5) is 0 Å². The topological polar surface area (TPSA) is 61.8 Å².